The van der Waals surface area contributed by atoms with Crippen LogP contribution in [0.25, 0.3) is 32.1 Å². The van der Waals surface area contributed by atoms with Gasteiger partial charge in [0.2, 0.25) is 6.43 Å². The zero-order valence-corrected chi connectivity index (χ0v) is 26.8. The number of thiophene rings is 1. The number of aliphatic hydroxyl groups is 1. The van der Waals surface area contributed by atoms with E-state index >= 15 is 4.39 Å². The summed E-state index contributed by atoms with van der Waals surface area (Å²) in [6, 6.07) is 8.78. The minimum Gasteiger partial charge on any atom is -0.463 e. The summed E-state index contributed by atoms with van der Waals surface area (Å²) in [7, 11) is 1.88. The number of hydrogen-bond donors (Lipinski definition) is 2. The average molecular weight is 659 g/mol. The van der Waals surface area contributed by atoms with Crippen molar-refractivity contribution in [3.05, 3.63) is 40.7 Å². The van der Waals surface area contributed by atoms with E-state index in [2.05, 4.69) is 16.0 Å². The molecule has 2 fully saturated rings. The molecule has 2 aliphatic rings. The molecule has 3 N–H and O–H groups in total. The quantitative estimate of drug-likeness (QED) is 0.235. The van der Waals surface area contributed by atoms with E-state index < -0.39 is 29.2 Å². The molecule has 13 heteroatoms. The van der Waals surface area contributed by atoms with Crippen molar-refractivity contribution in [2.45, 2.75) is 45.1 Å². The zero-order valence-electron chi connectivity index (χ0n) is 25.2. The number of piperidine rings is 2. The fraction of sp³-hybridized carbons (Fsp3) is 0.469. The van der Waals surface area contributed by atoms with Gasteiger partial charge >= 0.3 is 6.01 Å². The summed E-state index contributed by atoms with van der Waals surface area (Å²) in [6.45, 7) is 5.11. The maximum Gasteiger partial charge on any atom is 0.319 e. The number of fused-ring (bicyclic) bond motifs is 2. The van der Waals surface area contributed by atoms with E-state index in [0.717, 1.165) is 0 Å². The first-order valence-electron chi connectivity index (χ1n) is 14.8. The Labute approximate surface area is 268 Å². The van der Waals surface area contributed by atoms with Gasteiger partial charge in [0.05, 0.1) is 22.8 Å². The molecule has 2 saturated heterocycles. The summed E-state index contributed by atoms with van der Waals surface area (Å²) >= 11 is 8.04. The van der Waals surface area contributed by atoms with Gasteiger partial charge in [-0.05, 0) is 57.5 Å². The summed E-state index contributed by atoms with van der Waals surface area (Å²) in [4.78, 5) is 13.0. The van der Waals surface area contributed by atoms with Crippen molar-refractivity contribution in [2.75, 3.05) is 50.5 Å². The monoisotopic (exact) mass is 658 g/mol. The molecule has 0 amide bonds. The number of β-amino-alcohol motifs (C(OH)–C–C–N with tert-alkyl or cyclic N) is 1. The Hall–Kier alpha value is -3.37. The predicted molar refractivity (Wildman–Crippen MR) is 172 cm³/mol. The molecule has 6 rings (SSSR count). The van der Waals surface area contributed by atoms with Crippen LogP contribution in [0.1, 0.15) is 38.7 Å². The lowest BCUT2D eigenvalue weighted by atomic mass is 9.73. The van der Waals surface area contributed by atoms with Gasteiger partial charge < -0.3 is 25.4 Å². The van der Waals surface area contributed by atoms with Gasteiger partial charge in [0.15, 0.2) is 5.82 Å². The summed E-state index contributed by atoms with van der Waals surface area (Å²) in [5.41, 5.74) is 4.81. The van der Waals surface area contributed by atoms with Crippen LogP contribution in [-0.2, 0) is 0 Å². The highest BCUT2D eigenvalue weighted by Gasteiger charge is 2.44. The van der Waals surface area contributed by atoms with Crippen molar-refractivity contribution in [3.8, 4) is 23.2 Å². The number of anilines is 2. The van der Waals surface area contributed by atoms with E-state index in [1.165, 1.54) is 11.3 Å². The first-order valence-corrected chi connectivity index (χ1v) is 16.0. The van der Waals surface area contributed by atoms with Gasteiger partial charge in [-0.15, -0.1) is 11.3 Å². The van der Waals surface area contributed by atoms with E-state index in [-0.39, 0.29) is 40.8 Å². The van der Waals surface area contributed by atoms with Crippen molar-refractivity contribution < 1.29 is 23.0 Å². The van der Waals surface area contributed by atoms with Gasteiger partial charge in [0.1, 0.15) is 22.4 Å². The average Bonchev–Trinajstić information content (AvgIpc) is 3.30. The molecular weight excluding hydrogens is 625 g/mol. The van der Waals surface area contributed by atoms with Gasteiger partial charge in [-0.25, -0.2) is 13.2 Å². The molecule has 0 spiro atoms. The van der Waals surface area contributed by atoms with Crippen LogP contribution in [0.15, 0.2) is 24.3 Å². The SMILES string of the molecule is CN1CC[C@H](C(F)F)[C@](C)(COc2nc(N3CCC[C@@](C)(O)C3)c3cc(Cl)c(-c4cccc5sc(N)c(C#N)c45)c(F)c3n2)C1. The minimum absolute atomic E-state index is 0.0453. The van der Waals surface area contributed by atoms with Crippen molar-refractivity contribution >= 4 is 54.7 Å². The molecule has 0 saturated carbocycles. The molecule has 4 heterocycles. The van der Waals surface area contributed by atoms with Gasteiger partial charge in [-0.2, -0.15) is 15.2 Å². The standard InChI is InChI=1S/C32H34ClF3N6O2S/c1-31(14-41(3)11-8-20(31)27(35)36)16-44-30-39-26-18(29(40-30)42-10-5-9-32(2,43)15-42)12-21(33)24(25(26)34)17-6-4-7-22-23(17)19(13-37)28(38)45-22/h4,6-7,12,20,27,43H,5,8-11,14-16,38H2,1-3H3/t20-,31+,32-/m1/s1. The number of nitrogens with zero attached hydrogens (tertiary/aromatic N) is 5. The third-order valence-electron chi connectivity index (χ3n) is 9.12. The number of likely N-dealkylation sites (tertiary alicyclic amines) is 1. The molecule has 2 aromatic carbocycles. The van der Waals surface area contributed by atoms with Gasteiger partial charge in [0, 0.05) is 52.0 Å². The normalized spacial score (nSPS) is 24.4. The zero-order chi connectivity index (χ0) is 32.3. The predicted octanol–water partition coefficient (Wildman–Crippen LogP) is 6.71. The Balaban J connectivity index is 1.51. The summed E-state index contributed by atoms with van der Waals surface area (Å²) in [5, 5.41) is 21.9. The number of nitriles is 1. The van der Waals surface area contributed by atoms with Crippen LogP contribution in [0.5, 0.6) is 6.01 Å². The fourth-order valence-corrected chi connectivity index (χ4v) is 8.17. The summed E-state index contributed by atoms with van der Waals surface area (Å²) < 4.78 is 51.8. The van der Waals surface area contributed by atoms with Crippen LogP contribution in [0.3, 0.4) is 0 Å². The largest absolute Gasteiger partial charge is 0.463 e. The molecule has 238 valence electrons. The number of hydrogen-bond acceptors (Lipinski definition) is 9. The van der Waals surface area contributed by atoms with E-state index in [9.17, 15) is 19.1 Å². The number of nitrogens with two attached hydrogens (primary N) is 1. The second-order valence-electron chi connectivity index (χ2n) is 12.8. The number of halogens is 4. The molecule has 0 unspecified atom stereocenters. The van der Waals surface area contributed by atoms with Crippen LogP contribution < -0.4 is 15.4 Å². The lowest BCUT2D eigenvalue weighted by molar-refractivity contribution is -0.0679. The number of rotatable bonds is 6. The number of benzene rings is 2. The molecular formula is C32H34ClF3N6O2S. The molecule has 2 aromatic heterocycles. The molecule has 45 heavy (non-hydrogen) atoms. The highest BCUT2D eigenvalue weighted by Crippen LogP contribution is 2.45. The summed E-state index contributed by atoms with van der Waals surface area (Å²) in [6.07, 6.45) is -0.946. The Morgan fingerprint density at radius 1 is 1.27 bits per heavy atom. The second kappa shape index (κ2) is 11.8. The Kier molecular flexibility index (Phi) is 8.27. The first-order chi connectivity index (χ1) is 21.3. The van der Waals surface area contributed by atoms with E-state index in [1.807, 2.05) is 16.8 Å². The third-order valence-corrected chi connectivity index (χ3v) is 10.4. The van der Waals surface area contributed by atoms with Crippen molar-refractivity contribution in [1.29, 1.82) is 5.26 Å². The third kappa shape index (κ3) is 5.76. The van der Waals surface area contributed by atoms with Crippen molar-refractivity contribution in [1.82, 2.24) is 14.9 Å². The number of ether oxygens (including phenoxy) is 1. The topological polar surface area (TPSA) is 112 Å². The molecule has 0 bridgehead atoms. The highest BCUT2D eigenvalue weighted by atomic mass is 35.5. The van der Waals surface area contributed by atoms with Crippen LogP contribution in [0, 0.1) is 28.5 Å². The van der Waals surface area contributed by atoms with Gasteiger partial charge in [-0.3, -0.25) is 0 Å². The van der Waals surface area contributed by atoms with Crippen LogP contribution in [-0.4, -0.2) is 71.8 Å². The lowest BCUT2D eigenvalue weighted by Crippen LogP contribution is -2.51. The molecule has 2 aliphatic heterocycles. The smallest absolute Gasteiger partial charge is 0.319 e. The fourth-order valence-electron chi connectivity index (χ4n) is 6.93. The number of aromatic nitrogens is 2. The minimum atomic E-state index is -2.52. The highest BCUT2D eigenvalue weighted by molar-refractivity contribution is 7.23. The molecule has 8 nitrogen and oxygen atoms in total. The van der Waals surface area contributed by atoms with Crippen molar-refractivity contribution in [2.24, 2.45) is 11.3 Å². The van der Waals surface area contributed by atoms with Crippen LogP contribution in [0.2, 0.25) is 5.02 Å². The molecule has 0 radical (unpaired) electrons. The number of nitrogen functional groups attached to an aromatic ring is 1. The maximum atomic E-state index is 16.8. The number of alkyl halides is 2. The molecule has 4 aromatic rings. The van der Waals surface area contributed by atoms with E-state index in [4.69, 9.17) is 22.1 Å². The first kappa shape index (κ1) is 31.6. The second-order valence-corrected chi connectivity index (χ2v) is 14.3. The van der Waals surface area contributed by atoms with Crippen LogP contribution in [0.4, 0.5) is 24.0 Å². The Morgan fingerprint density at radius 3 is 2.76 bits per heavy atom. The van der Waals surface area contributed by atoms with Crippen molar-refractivity contribution in [3.63, 3.8) is 0 Å². The maximum absolute atomic E-state index is 16.8. The molecule has 3 atom stereocenters. The van der Waals surface area contributed by atoms with Crippen LogP contribution >= 0.6 is 22.9 Å². The lowest BCUT2D eigenvalue weighted by Gasteiger charge is -2.44. The van der Waals surface area contributed by atoms with Gasteiger partial charge in [-0.1, -0.05) is 30.7 Å². The Morgan fingerprint density at radius 2 is 2.04 bits per heavy atom. The van der Waals surface area contributed by atoms with E-state index in [0.29, 0.717) is 70.8 Å². The van der Waals surface area contributed by atoms with Gasteiger partial charge in [0.25, 0.3) is 0 Å². The van der Waals surface area contributed by atoms with E-state index in [1.54, 1.807) is 38.1 Å². The Bertz CT molecular complexity index is 1830. The molecule has 0 aliphatic carbocycles. The summed E-state index contributed by atoms with van der Waals surface area (Å²) in [5.74, 6) is -1.31.